The molecule has 0 fully saturated rings. The zero-order valence-corrected chi connectivity index (χ0v) is 10.6. The van der Waals surface area contributed by atoms with Crippen molar-refractivity contribution in [1.29, 1.82) is 0 Å². The van der Waals surface area contributed by atoms with Crippen LogP contribution in [0.5, 0.6) is 0 Å². The topological polar surface area (TPSA) is 67.2 Å². The Morgan fingerprint density at radius 3 is 2.76 bits per heavy atom. The summed E-state index contributed by atoms with van der Waals surface area (Å²) in [4.78, 5) is 24.2. The van der Waals surface area contributed by atoms with E-state index in [0.717, 1.165) is 6.29 Å². The van der Waals surface area contributed by atoms with Crippen LogP contribution in [-0.4, -0.2) is 42.1 Å². The highest BCUT2D eigenvalue weighted by Crippen LogP contribution is 2.19. The molecule has 0 unspecified atom stereocenters. The predicted octanol–water partition coefficient (Wildman–Crippen LogP) is 0.113. The van der Waals surface area contributed by atoms with E-state index in [2.05, 4.69) is 10.4 Å². The van der Waals surface area contributed by atoms with Crippen molar-refractivity contribution in [3.63, 3.8) is 0 Å². The van der Waals surface area contributed by atoms with E-state index in [1.165, 1.54) is 0 Å². The van der Waals surface area contributed by atoms with Crippen LogP contribution in [0.2, 0.25) is 0 Å². The lowest BCUT2D eigenvalue weighted by Gasteiger charge is -2.19. The quantitative estimate of drug-likeness (QED) is 0.739. The Balaban J connectivity index is 2.92. The molecule has 0 saturated heterocycles. The van der Waals surface area contributed by atoms with Gasteiger partial charge in [0.2, 0.25) is 5.91 Å². The summed E-state index contributed by atoms with van der Waals surface area (Å²) in [5.41, 5.74) is 1.19. The number of hydrogen-bond acceptors (Lipinski definition) is 4. The van der Waals surface area contributed by atoms with E-state index in [9.17, 15) is 9.59 Å². The van der Waals surface area contributed by atoms with Gasteiger partial charge in [-0.05, 0) is 13.8 Å². The third-order valence-electron chi connectivity index (χ3n) is 2.47. The van der Waals surface area contributed by atoms with Gasteiger partial charge in [-0.3, -0.25) is 14.3 Å². The molecule has 1 rings (SSSR count). The number of nitrogens with one attached hydrogen (secondary N) is 1. The van der Waals surface area contributed by atoms with E-state index in [1.807, 2.05) is 6.92 Å². The number of anilines is 1. The molecule has 6 nitrogen and oxygen atoms in total. The van der Waals surface area contributed by atoms with Crippen LogP contribution in [0.3, 0.4) is 0 Å². The fourth-order valence-electron chi connectivity index (χ4n) is 1.80. The first-order valence-electron chi connectivity index (χ1n) is 5.47. The van der Waals surface area contributed by atoms with E-state index in [0.29, 0.717) is 23.6 Å². The summed E-state index contributed by atoms with van der Waals surface area (Å²) in [6, 6.07) is 0. The number of carbonyl (C=O) groups is 2. The van der Waals surface area contributed by atoms with Gasteiger partial charge in [0.15, 0.2) is 6.29 Å². The van der Waals surface area contributed by atoms with Gasteiger partial charge in [0, 0.05) is 20.6 Å². The van der Waals surface area contributed by atoms with Gasteiger partial charge >= 0.3 is 0 Å². The highest BCUT2D eigenvalue weighted by molar-refractivity contribution is 5.87. The number of amides is 1. The first-order chi connectivity index (χ1) is 8.01. The van der Waals surface area contributed by atoms with E-state index in [-0.39, 0.29) is 12.5 Å². The van der Waals surface area contributed by atoms with Gasteiger partial charge in [-0.25, -0.2) is 0 Å². The Bertz CT molecular complexity index is 425. The molecule has 1 aromatic rings. The molecular weight excluding hydrogens is 220 g/mol. The maximum absolute atomic E-state index is 11.5. The normalized spacial score (nSPS) is 10.1. The lowest BCUT2D eigenvalue weighted by molar-refractivity contribution is -0.119. The third kappa shape index (κ3) is 2.83. The number of aryl methyl sites for hydroxylation is 2. The summed E-state index contributed by atoms with van der Waals surface area (Å²) < 4.78 is 1.61. The summed E-state index contributed by atoms with van der Waals surface area (Å²) >= 11 is 0. The summed E-state index contributed by atoms with van der Waals surface area (Å²) in [5, 5.41) is 6.88. The van der Waals surface area contributed by atoms with Gasteiger partial charge < -0.3 is 10.2 Å². The van der Waals surface area contributed by atoms with E-state index in [1.54, 1.807) is 30.6 Å². The highest BCUT2D eigenvalue weighted by atomic mass is 16.2. The smallest absolute Gasteiger partial charge is 0.239 e. The molecule has 0 aliphatic carbocycles. The Morgan fingerprint density at radius 1 is 1.59 bits per heavy atom. The second-order valence-electron chi connectivity index (χ2n) is 3.87. The molecule has 94 valence electrons. The third-order valence-corrected chi connectivity index (χ3v) is 2.47. The van der Waals surface area contributed by atoms with Crippen molar-refractivity contribution in [2.45, 2.75) is 13.8 Å². The number of carbonyl (C=O) groups excluding carboxylic acids is 2. The first kappa shape index (κ1) is 13.2. The minimum Gasteiger partial charge on any atom is -0.355 e. The van der Waals surface area contributed by atoms with Crippen molar-refractivity contribution in [1.82, 2.24) is 15.1 Å². The lowest BCUT2D eigenvalue weighted by Crippen LogP contribution is -2.36. The SMILES string of the molecule is CCNC(=O)CN(C)c1c(C=O)c(C)nn1C. The molecule has 6 heteroatoms. The van der Waals surface area contributed by atoms with Crippen LogP contribution in [0.1, 0.15) is 23.0 Å². The van der Waals surface area contributed by atoms with Gasteiger partial charge in [0.25, 0.3) is 0 Å². The van der Waals surface area contributed by atoms with Crippen molar-refractivity contribution in [2.75, 3.05) is 25.0 Å². The van der Waals surface area contributed by atoms with Gasteiger partial charge in [-0.15, -0.1) is 0 Å². The van der Waals surface area contributed by atoms with Gasteiger partial charge in [-0.1, -0.05) is 0 Å². The molecule has 1 amide bonds. The van der Waals surface area contributed by atoms with Crippen molar-refractivity contribution in [3.8, 4) is 0 Å². The van der Waals surface area contributed by atoms with Crippen molar-refractivity contribution < 1.29 is 9.59 Å². The molecular formula is C11H18N4O2. The number of hydrogen-bond donors (Lipinski definition) is 1. The summed E-state index contributed by atoms with van der Waals surface area (Å²) in [6.45, 7) is 4.43. The van der Waals surface area contributed by atoms with Crippen LogP contribution in [-0.2, 0) is 11.8 Å². The average Bonchev–Trinajstić information content (AvgIpc) is 2.52. The fourth-order valence-corrected chi connectivity index (χ4v) is 1.80. The van der Waals surface area contributed by atoms with Crippen LogP contribution in [0.15, 0.2) is 0 Å². The number of aldehydes is 1. The number of aromatic nitrogens is 2. The molecule has 1 N–H and O–H groups in total. The van der Waals surface area contributed by atoms with Crippen molar-refractivity contribution >= 4 is 18.0 Å². The maximum Gasteiger partial charge on any atom is 0.239 e. The van der Waals surface area contributed by atoms with Gasteiger partial charge in [0.05, 0.1) is 17.8 Å². The standard InChI is InChI=1S/C11H18N4O2/c1-5-12-10(17)6-14(3)11-9(7-16)8(2)13-15(11)4/h7H,5-6H2,1-4H3,(H,12,17). The fraction of sp³-hybridized carbons (Fsp3) is 0.545. The second kappa shape index (κ2) is 5.47. The summed E-state index contributed by atoms with van der Waals surface area (Å²) in [5.74, 6) is 0.578. The monoisotopic (exact) mass is 238 g/mol. The van der Waals surface area contributed by atoms with Crippen LogP contribution in [0.4, 0.5) is 5.82 Å². The summed E-state index contributed by atoms with van der Waals surface area (Å²) in [6.07, 6.45) is 0.770. The minimum absolute atomic E-state index is 0.0781. The van der Waals surface area contributed by atoms with E-state index >= 15 is 0 Å². The van der Waals surface area contributed by atoms with Crippen LogP contribution in [0, 0.1) is 6.92 Å². The molecule has 0 bridgehead atoms. The predicted molar refractivity (Wildman–Crippen MR) is 65.3 cm³/mol. The van der Waals surface area contributed by atoms with E-state index in [4.69, 9.17) is 0 Å². The second-order valence-corrected chi connectivity index (χ2v) is 3.87. The largest absolute Gasteiger partial charge is 0.355 e. The molecule has 0 saturated carbocycles. The molecule has 0 atom stereocenters. The number of nitrogens with zero attached hydrogens (tertiary/aromatic N) is 3. The molecule has 0 radical (unpaired) electrons. The Morgan fingerprint density at radius 2 is 2.24 bits per heavy atom. The van der Waals surface area contributed by atoms with Crippen molar-refractivity contribution in [3.05, 3.63) is 11.3 Å². The van der Waals surface area contributed by atoms with Crippen LogP contribution >= 0.6 is 0 Å². The Kier molecular flexibility index (Phi) is 4.25. The van der Waals surface area contributed by atoms with Gasteiger partial charge in [-0.2, -0.15) is 5.10 Å². The zero-order valence-electron chi connectivity index (χ0n) is 10.6. The Hall–Kier alpha value is -1.85. The van der Waals surface area contributed by atoms with Crippen molar-refractivity contribution in [2.24, 2.45) is 7.05 Å². The molecule has 0 aliphatic rings. The summed E-state index contributed by atoms with van der Waals surface area (Å²) in [7, 11) is 3.52. The molecule has 0 aliphatic heterocycles. The average molecular weight is 238 g/mol. The van der Waals surface area contributed by atoms with E-state index < -0.39 is 0 Å². The lowest BCUT2D eigenvalue weighted by atomic mass is 10.2. The Labute approximate surface area is 101 Å². The molecule has 0 aromatic carbocycles. The molecule has 17 heavy (non-hydrogen) atoms. The zero-order chi connectivity index (χ0) is 13.0. The minimum atomic E-state index is -0.0781. The molecule has 1 aromatic heterocycles. The highest BCUT2D eigenvalue weighted by Gasteiger charge is 2.17. The maximum atomic E-state index is 11.5. The van der Waals surface area contributed by atoms with Gasteiger partial charge in [0.1, 0.15) is 5.82 Å². The number of likely N-dealkylation sites (N-methyl/N-ethyl adjacent to an activating group) is 2. The molecule has 1 heterocycles. The number of rotatable bonds is 5. The first-order valence-corrected chi connectivity index (χ1v) is 5.47. The molecule has 0 spiro atoms. The van der Waals surface area contributed by atoms with Crippen LogP contribution in [0.25, 0.3) is 0 Å². The van der Waals surface area contributed by atoms with Crippen LogP contribution < -0.4 is 10.2 Å².